The zero-order chi connectivity index (χ0) is 11.8. The van der Waals surface area contributed by atoms with Crippen LogP contribution in [0.3, 0.4) is 0 Å². The van der Waals surface area contributed by atoms with Crippen LogP contribution in [0.4, 0.5) is 0 Å². The molecule has 1 fully saturated rings. The van der Waals surface area contributed by atoms with Crippen LogP contribution in [-0.2, 0) is 6.42 Å². The van der Waals surface area contributed by atoms with Crippen molar-refractivity contribution in [3.63, 3.8) is 0 Å². The molecule has 4 nitrogen and oxygen atoms in total. The van der Waals surface area contributed by atoms with Gasteiger partial charge in [0.2, 0.25) is 0 Å². The highest BCUT2D eigenvalue weighted by molar-refractivity contribution is 6.30. The molecule has 1 saturated heterocycles. The Morgan fingerprint density at radius 2 is 2.41 bits per heavy atom. The predicted octanol–water partition coefficient (Wildman–Crippen LogP) is 1.88. The van der Waals surface area contributed by atoms with E-state index in [9.17, 15) is 0 Å². The first kappa shape index (κ1) is 11.0. The van der Waals surface area contributed by atoms with Crippen molar-refractivity contribution >= 4 is 17.2 Å². The number of pyridine rings is 1. The molecule has 0 spiro atoms. The third kappa shape index (κ3) is 2.28. The number of hydrogen-bond acceptors (Lipinski definition) is 3. The molecule has 1 aliphatic heterocycles. The smallest absolute Gasteiger partial charge is 0.157 e. The molecule has 0 aliphatic carbocycles. The lowest BCUT2D eigenvalue weighted by atomic mass is 10.1. The molecule has 0 N–H and O–H groups in total. The van der Waals surface area contributed by atoms with Gasteiger partial charge in [-0.05, 0) is 32.0 Å². The molecule has 90 valence electrons. The van der Waals surface area contributed by atoms with Crippen LogP contribution in [0.1, 0.15) is 12.2 Å². The lowest BCUT2D eigenvalue weighted by Crippen LogP contribution is -2.15. The van der Waals surface area contributed by atoms with Crippen LogP contribution in [0.2, 0.25) is 5.02 Å². The lowest BCUT2D eigenvalue weighted by Gasteiger charge is -2.07. The van der Waals surface area contributed by atoms with Crippen molar-refractivity contribution in [1.82, 2.24) is 19.5 Å². The number of aromatic nitrogens is 3. The van der Waals surface area contributed by atoms with E-state index in [1.165, 1.54) is 13.0 Å². The maximum Gasteiger partial charge on any atom is 0.157 e. The van der Waals surface area contributed by atoms with Crippen molar-refractivity contribution in [3.05, 3.63) is 29.2 Å². The minimum absolute atomic E-state index is 0.688. The van der Waals surface area contributed by atoms with Crippen LogP contribution in [0.15, 0.2) is 18.3 Å². The molecule has 1 unspecified atom stereocenters. The highest BCUT2D eigenvalue weighted by Gasteiger charge is 2.21. The Kier molecular flexibility index (Phi) is 2.76. The van der Waals surface area contributed by atoms with Crippen molar-refractivity contribution in [2.24, 2.45) is 5.92 Å². The number of halogens is 1. The first-order chi connectivity index (χ1) is 8.20. The molecule has 5 heteroatoms. The van der Waals surface area contributed by atoms with E-state index in [1.54, 1.807) is 4.52 Å². The van der Waals surface area contributed by atoms with Crippen LogP contribution in [0, 0.1) is 5.92 Å². The van der Waals surface area contributed by atoms with Gasteiger partial charge in [-0.1, -0.05) is 11.6 Å². The summed E-state index contributed by atoms with van der Waals surface area (Å²) in [4.78, 5) is 6.87. The summed E-state index contributed by atoms with van der Waals surface area (Å²) in [6.07, 6.45) is 4.06. The Balaban J connectivity index is 1.81. The Morgan fingerprint density at radius 3 is 3.18 bits per heavy atom. The lowest BCUT2D eigenvalue weighted by molar-refractivity contribution is 0.392. The van der Waals surface area contributed by atoms with Crippen LogP contribution in [0.5, 0.6) is 0 Å². The zero-order valence-corrected chi connectivity index (χ0v) is 10.6. The molecule has 1 atom stereocenters. The van der Waals surface area contributed by atoms with Gasteiger partial charge in [-0.3, -0.25) is 0 Å². The van der Waals surface area contributed by atoms with Crippen LogP contribution >= 0.6 is 11.6 Å². The van der Waals surface area contributed by atoms with Gasteiger partial charge in [-0.2, -0.15) is 5.10 Å². The van der Waals surface area contributed by atoms with Gasteiger partial charge in [0.05, 0.1) is 0 Å². The van der Waals surface area contributed by atoms with E-state index >= 15 is 0 Å². The second-order valence-electron chi connectivity index (χ2n) is 4.80. The average Bonchev–Trinajstić information content (AvgIpc) is 2.84. The summed E-state index contributed by atoms with van der Waals surface area (Å²) in [5.41, 5.74) is 0.832. The number of fused-ring (bicyclic) bond motifs is 1. The molecule has 0 amide bonds. The molecular weight excluding hydrogens is 236 g/mol. The van der Waals surface area contributed by atoms with E-state index in [0.29, 0.717) is 10.9 Å². The summed E-state index contributed by atoms with van der Waals surface area (Å²) in [6, 6.07) is 3.68. The standard InChI is InChI=1S/C12H15ClN4/c1-16-4-2-9(8-16)6-11-14-12-7-10(13)3-5-17(12)15-11/h3,5,7,9H,2,4,6,8H2,1H3. The van der Waals surface area contributed by atoms with Gasteiger partial charge in [-0.25, -0.2) is 9.50 Å². The Bertz CT molecular complexity index is 536. The Morgan fingerprint density at radius 1 is 1.53 bits per heavy atom. The van der Waals surface area contributed by atoms with E-state index in [1.807, 2.05) is 18.3 Å². The van der Waals surface area contributed by atoms with Gasteiger partial charge in [0.1, 0.15) is 0 Å². The highest BCUT2D eigenvalue weighted by atomic mass is 35.5. The summed E-state index contributed by atoms with van der Waals surface area (Å²) in [5.74, 6) is 1.61. The van der Waals surface area contributed by atoms with E-state index < -0.39 is 0 Å². The fourth-order valence-corrected chi connectivity index (χ4v) is 2.59. The minimum atomic E-state index is 0.688. The van der Waals surface area contributed by atoms with Gasteiger partial charge in [-0.15, -0.1) is 0 Å². The fraction of sp³-hybridized carbons (Fsp3) is 0.500. The molecule has 1 aliphatic rings. The molecule has 3 heterocycles. The first-order valence-electron chi connectivity index (χ1n) is 5.90. The van der Waals surface area contributed by atoms with E-state index in [2.05, 4.69) is 22.0 Å². The van der Waals surface area contributed by atoms with Gasteiger partial charge < -0.3 is 4.90 Å². The molecule has 0 bridgehead atoms. The van der Waals surface area contributed by atoms with Crippen molar-refractivity contribution < 1.29 is 0 Å². The van der Waals surface area contributed by atoms with E-state index in [0.717, 1.165) is 24.4 Å². The van der Waals surface area contributed by atoms with Crippen molar-refractivity contribution in [1.29, 1.82) is 0 Å². The normalized spacial score (nSPS) is 21.4. The number of rotatable bonds is 2. The molecule has 0 radical (unpaired) electrons. The third-order valence-corrected chi connectivity index (χ3v) is 3.54. The maximum absolute atomic E-state index is 5.93. The first-order valence-corrected chi connectivity index (χ1v) is 6.28. The topological polar surface area (TPSA) is 33.4 Å². The van der Waals surface area contributed by atoms with Crippen molar-refractivity contribution in [2.75, 3.05) is 20.1 Å². The highest BCUT2D eigenvalue weighted by Crippen LogP contribution is 2.19. The Hall–Kier alpha value is -1.13. The molecule has 2 aromatic rings. The third-order valence-electron chi connectivity index (χ3n) is 3.30. The fourth-order valence-electron chi connectivity index (χ4n) is 2.44. The molecular formula is C12H15ClN4. The largest absolute Gasteiger partial charge is 0.306 e. The number of nitrogens with zero attached hydrogens (tertiary/aromatic N) is 4. The number of hydrogen-bond donors (Lipinski definition) is 0. The van der Waals surface area contributed by atoms with Crippen molar-refractivity contribution in [2.45, 2.75) is 12.8 Å². The second kappa shape index (κ2) is 4.27. The molecule has 2 aromatic heterocycles. The monoisotopic (exact) mass is 250 g/mol. The Labute approximate surface area is 105 Å². The van der Waals surface area contributed by atoms with Crippen molar-refractivity contribution in [3.8, 4) is 0 Å². The maximum atomic E-state index is 5.93. The number of likely N-dealkylation sites (tertiary alicyclic amines) is 1. The molecule has 0 saturated carbocycles. The summed E-state index contributed by atoms with van der Waals surface area (Å²) >= 11 is 5.93. The average molecular weight is 251 g/mol. The predicted molar refractivity (Wildman–Crippen MR) is 67.3 cm³/mol. The van der Waals surface area contributed by atoms with Gasteiger partial charge in [0, 0.05) is 30.3 Å². The van der Waals surface area contributed by atoms with Crippen LogP contribution in [-0.4, -0.2) is 39.6 Å². The van der Waals surface area contributed by atoms with Gasteiger partial charge >= 0.3 is 0 Å². The van der Waals surface area contributed by atoms with Crippen LogP contribution in [0.25, 0.3) is 5.65 Å². The zero-order valence-electron chi connectivity index (χ0n) is 9.80. The summed E-state index contributed by atoms with van der Waals surface area (Å²) in [6.45, 7) is 2.33. The summed E-state index contributed by atoms with van der Waals surface area (Å²) < 4.78 is 1.79. The minimum Gasteiger partial charge on any atom is -0.306 e. The molecule has 0 aromatic carbocycles. The van der Waals surface area contributed by atoms with Gasteiger partial charge in [0.15, 0.2) is 11.5 Å². The quantitative estimate of drug-likeness (QED) is 0.816. The van der Waals surface area contributed by atoms with E-state index in [-0.39, 0.29) is 0 Å². The molecule has 3 rings (SSSR count). The van der Waals surface area contributed by atoms with Crippen LogP contribution < -0.4 is 0 Å². The second-order valence-corrected chi connectivity index (χ2v) is 5.23. The summed E-state index contributed by atoms with van der Waals surface area (Å²) in [7, 11) is 2.16. The van der Waals surface area contributed by atoms with E-state index in [4.69, 9.17) is 11.6 Å². The molecule has 17 heavy (non-hydrogen) atoms. The van der Waals surface area contributed by atoms with Gasteiger partial charge in [0.25, 0.3) is 0 Å². The summed E-state index contributed by atoms with van der Waals surface area (Å²) in [5, 5.41) is 5.18. The SMILES string of the molecule is CN1CCC(Cc2nc3cc(Cl)ccn3n2)C1.